The van der Waals surface area contributed by atoms with Crippen molar-refractivity contribution < 1.29 is 9.90 Å². The van der Waals surface area contributed by atoms with Crippen LogP contribution in [0.1, 0.15) is 5.82 Å². The SMILES string of the molecule is Cc1nc(N)cc(-c2c(Nc3nn(C(=O)O)cc3-c3ccccc3)nc3ccccn23)n1. The fourth-order valence-electron chi connectivity index (χ4n) is 3.55. The van der Waals surface area contributed by atoms with Gasteiger partial charge >= 0.3 is 6.09 Å². The smallest absolute Gasteiger partial charge is 0.432 e. The van der Waals surface area contributed by atoms with Crippen LogP contribution in [0.25, 0.3) is 28.2 Å². The number of hydrogen-bond acceptors (Lipinski definition) is 7. The highest BCUT2D eigenvalue weighted by Crippen LogP contribution is 2.34. The van der Waals surface area contributed by atoms with Crippen LogP contribution in [-0.2, 0) is 0 Å². The lowest BCUT2D eigenvalue weighted by Gasteiger charge is -2.08. The summed E-state index contributed by atoms with van der Waals surface area (Å²) >= 11 is 0. The zero-order valence-corrected chi connectivity index (χ0v) is 17.0. The first-order valence-electron chi connectivity index (χ1n) is 9.73. The number of benzene rings is 1. The van der Waals surface area contributed by atoms with E-state index in [-0.39, 0.29) is 0 Å². The summed E-state index contributed by atoms with van der Waals surface area (Å²) in [5.41, 5.74) is 9.31. The Morgan fingerprint density at radius 1 is 1.03 bits per heavy atom. The number of nitrogen functional groups attached to an aromatic ring is 1. The largest absolute Gasteiger partial charge is 0.463 e. The number of pyridine rings is 1. The minimum Gasteiger partial charge on any atom is -0.463 e. The topological polar surface area (TPSA) is 136 Å². The van der Waals surface area contributed by atoms with Crippen LogP contribution in [-0.4, -0.2) is 40.3 Å². The molecular weight excluding hydrogens is 408 g/mol. The Labute approximate surface area is 182 Å². The molecule has 0 spiro atoms. The summed E-state index contributed by atoms with van der Waals surface area (Å²) < 4.78 is 2.74. The Bertz CT molecular complexity index is 1440. The van der Waals surface area contributed by atoms with E-state index in [0.29, 0.717) is 45.9 Å². The molecule has 1 aromatic carbocycles. The number of nitrogens with one attached hydrogen (secondary N) is 1. The molecule has 0 fully saturated rings. The van der Waals surface area contributed by atoms with Crippen LogP contribution in [0.15, 0.2) is 67.0 Å². The zero-order valence-electron chi connectivity index (χ0n) is 17.0. The molecule has 32 heavy (non-hydrogen) atoms. The van der Waals surface area contributed by atoms with Gasteiger partial charge in [-0.3, -0.25) is 4.40 Å². The third-order valence-electron chi connectivity index (χ3n) is 4.86. The summed E-state index contributed by atoms with van der Waals surface area (Å²) in [5, 5.41) is 16.9. The van der Waals surface area contributed by atoms with Crippen LogP contribution in [0.5, 0.6) is 0 Å². The number of nitrogens with zero attached hydrogens (tertiary/aromatic N) is 6. The van der Waals surface area contributed by atoms with Gasteiger partial charge in [-0.1, -0.05) is 36.4 Å². The molecule has 4 N–H and O–H groups in total. The van der Waals surface area contributed by atoms with Gasteiger partial charge in [0.05, 0.1) is 5.69 Å². The summed E-state index contributed by atoms with van der Waals surface area (Å²) in [6.45, 7) is 1.76. The van der Waals surface area contributed by atoms with E-state index >= 15 is 0 Å². The minimum atomic E-state index is -1.19. The standard InChI is InChI=1S/C22H18N8O2/c1-13-24-16(11-17(23)25-13)19-21(26-18-9-5-6-10-29(18)19)27-20-15(12-30(28-20)22(31)32)14-7-3-2-4-8-14/h2-12H,1H3,(H,27,28)(H,31,32)(H2,23,24,25). The van der Waals surface area contributed by atoms with Crippen LogP contribution in [0, 0.1) is 6.92 Å². The lowest BCUT2D eigenvalue weighted by Crippen LogP contribution is -2.08. The normalized spacial score (nSPS) is 11.0. The highest BCUT2D eigenvalue weighted by molar-refractivity contribution is 5.85. The second kappa shape index (κ2) is 7.51. The number of anilines is 3. The quantitative estimate of drug-likeness (QED) is 0.395. The second-order valence-electron chi connectivity index (χ2n) is 7.07. The highest BCUT2D eigenvalue weighted by atomic mass is 16.4. The van der Waals surface area contributed by atoms with Crippen LogP contribution >= 0.6 is 0 Å². The van der Waals surface area contributed by atoms with Gasteiger partial charge in [0.1, 0.15) is 23.0 Å². The maximum absolute atomic E-state index is 11.6. The van der Waals surface area contributed by atoms with Crippen molar-refractivity contribution in [2.24, 2.45) is 0 Å². The highest BCUT2D eigenvalue weighted by Gasteiger charge is 2.21. The summed E-state index contributed by atoms with van der Waals surface area (Å²) in [7, 11) is 0. The van der Waals surface area contributed by atoms with E-state index in [2.05, 4.69) is 25.4 Å². The van der Waals surface area contributed by atoms with E-state index in [4.69, 9.17) is 5.73 Å². The number of aryl methyl sites for hydroxylation is 1. The molecule has 10 nitrogen and oxygen atoms in total. The number of rotatable bonds is 4. The molecular formula is C22H18N8O2. The van der Waals surface area contributed by atoms with Crippen LogP contribution in [0.2, 0.25) is 0 Å². The predicted molar refractivity (Wildman–Crippen MR) is 120 cm³/mol. The van der Waals surface area contributed by atoms with Crippen LogP contribution in [0.4, 0.5) is 22.2 Å². The Hall–Kier alpha value is -4.73. The van der Waals surface area contributed by atoms with E-state index in [1.54, 1.807) is 13.0 Å². The van der Waals surface area contributed by atoms with E-state index in [9.17, 15) is 9.90 Å². The molecule has 0 aliphatic carbocycles. The number of fused-ring (bicyclic) bond motifs is 1. The summed E-state index contributed by atoms with van der Waals surface area (Å²) in [4.78, 5) is 24.9. The van der Waals surface area contributed by atoms with Gasteiger partial charge in [-0.05, 0) is 24.6 Å². The molecule has 5 aromatic rings. The number of carbonyl (C=O) groups is 1. The molecule has 0 aliphatic heterocycles. The maximum atomic E-state index is 11.6. The number of nitrogens with two attached hydrogens (primary N) is 1. The molecule has 10 heteroatoms. The molecule has 0 bridgehead atoms. The predicted octanol–water partition coefficient (Wildman–Crippen LogP) is 3.82. The number of imidazole rings is 1. The molecule has 0 aliphatic rings. The van der Waals surface area contributed by atoms with Crippen molar-refractivity contribution in [3.63, 3.8) is 0 Å². The Morgan fingerprint density at radius 3 is 2.56 bits per heavy atom. The van der Waals surface area contributed by atoms with Crippen LogP contribution in [0.3, 0.4) is 0 Å². The fraction of sp³-hybridized carbons (Fsp3) is 0.0455. The van der Waals surface area contributed by atoms with Crippen molar-refractivity contribution in [1.29, 1.82) is 0 Å². The third-order valence-corrected chi connectivity index (χ3v) is 4.86. The van der Waals surface area contributed by atoms with Gasteiger partial charge in [-0.25, -0.2) is 19.7 Å². The van der Waals surface area contributed by atoms with Gasteiger partial charge in [-0.2, -0.15) is 4.68 Å². The van der Waals surface area contributed by atoms with Gasteiger partial charge in [0.15, 0.2) is 11.6 Å². The average Bonchev–Trinajstić information content (AvgIpc) is 3.35. The maximum Gasteiger partial charge on any atom is 0.432 e. The molecule has 0 atom stereocenters. The van der Waals surface area contributed by atoms with Gasteiger partial charge in [-0.15, -0.1) is 5.10 Å². The van der Waals surface area contributed by atoms with Crippen molar-refractivity contribution in [2.45, 2.75) is 6.92 Å². The first kappa shape index (κ1) is 19.2. The van der Waals surface area contributed by atoms with E-state index in [1.807, 2.05) is 59.1 Å². The lowest BCUT2D eigenvalue weighted by atomic mass is 10.1. The van der Waals surface area contributed by atoms with E-state index < -0.39 is 6.09 Å². The molecule has 0 radical (unpaired) electrons. The Balaban J connectivity index is 1.70. The molecule has 0 unspecified atom stereocenters. The summed E-state index contributed by atoms with van der Waals surface area (Å²) in [5.74, 6) is 1.67. The van der Waals surface area contributed by atoms with Crippen molar-refractivity contribution in [3.8, 4) is 22.5 Å². The Kier molecular flexibility index (Phi) is 4.52. The molecule has 5 rings (SSSR count). The van der Waals surface area contributed by atoms with Gasteiger partial charge in [0, 0.05) is 24.0 Å². The molecule has 4 aromatic heterocycles. The molecule has 0 saturated heterocycles. The van der Waals surface area contributed by atoms with Crippen molar-refractivity contribution in [1.82, 2.24) is 29.1 Å². The van der Waals surface area contributed by atoms with Crippen molar-refractivity contribution in [3.05, 3.63) is 72.8 Å². The summed E-state index contributed by atoms with van der Waals surface area (Å²) in [6.07, 6.45) is 2.14. The van der Waals surface area contributed by atoms with Gasteiger partial charge in [0.2, 0.25) is 0 Å². The second-order valence-corrected chi connectivity index (χ2v) is 7.07. The average molecular weight is 426 g/mol. The van der Waals surface area contributed by atoms with Gasteiger partial charge in [0.25, 0.3) is 0 Å². The lowest BCUT2D eigenvalue weighted by molar-refractivity contribution is 0.192. The van der Waals surface area contributed by atoms with Crippen molar-refractivity contribution >= 4 is 29.2 Å². The zero-order chi connectivity index (χ0) is 22.2. The Morgan fingerprint density at radius 2 is 1.81 bits per heavy atom. The monoisotopic (exact) mass is 426 g/mol. The first-order chi connectivity index (χ1) is 15.5. The molecule has 0 amide bonds. The first-order valence-corrected chi connectivity index (χ1v) is 9.73. The molecule has 4 heterocycles. The third kappa shape index (κ3) is 3.39. The number of aromatic nitrogens is 6. The number of carboxylic acid groups (broad SMARTS) is 1. The van der Waals surface area contributed by atoms with E-state index in [0.717, 1.165) is 10.2 Å². The molecule has 0 saturated carbocycles. The minimum absolute atomic E-state index is 0.337. The van der Waals surface area contributed by atoms with Crippen molar-refractivity contribution in [2.75, 3.05) is 11.1 Å². The number of hydrogen-bond donors (Lipinski definition) is 3. The van der Waals surface area contributed by atoms with Gasteiger partial charge < -0.3 is 16.2 Å². The summed E-state index contributed by atoms with van der Waals surface area (Å²) in [6, 6.07) is 16.7. The van der Waals surface area contributed by atoms with Crippen LogP contribution < -0.4 is 11.1 Å². The van der Waals surface area contributed by atoms with E-state index in [1.165, 1.54) is 6.20 Å². The molecule has 158 valence electrons. The fourth-order valence-corrected chi connectivity index (χ4v) is 3.55.